The van der Waals surface area contributed by atoms with Crippen molar-refractivity contribution in [3.8, 4) is 0 Å². The molecule has 2 aromatic carbocycles. The van der Waals surface area contributed by atoms with E-state index in [9.17, 15) is 4.79 Å². The van der Waals surface area contributed by atoms with Crippen molar-refractivity contribution in [1.29, 1.82) is 0 Å². The first-order valence-corrected chi connectivity index (χ1v) is 7.13. The van der Waals surface area contributed by atoms with E-state index in [1.807, 2.05) is 61.7 Å². The summed E-state index contributed by atoms with van der Waals surface area (Å²) >= 11 is 0. The number of nitrogens with zero attached hydrogens (tertiary/aromatic N) is 1. The molecule has 0 unspecified atom stereocenters. The zero-order chi connectivity index (χ0) is 15.3. The van der Waals surface area contributed by atoms with Crippen LogP contribution in [0, 0.1) is 6.92 Å². The van der Waals surface area contributed by atoms with Gasteiger partial charge in [-0.2, -0.15) is 0 Å². The van der Waals surface area contributed by atoms with E-state index in [1.54, 1.807) is 4.57 Å². The lowest BCUT2D eigenvalue weighted by Crippen LogP contribution is -2.14. The number of anilines is 1. The number of aryl methyl sites for hydroxylation is 1. The fourth-order valence-corrected chi connectivity index (χ4v) is 3.00. The number of carbonyl (C=O) groups is 1. The molecule has 4 heteroatoms. The molecule has 108 valence electrons. The number of nitrogens with one attached hydrogen (secondary N) is 1. The number of rotatable bonds is 1. The van der Waals surface area contributed by atoms with E-state index in [1.165, 1.54) is 0 Å². The molecule has 0 spiro atoms. The minimum absolute atomic E-state index is 0.0616. The standard InChI is InChI=1S/C18H15N3O/c1-11-9-13-3-2-4-15(19)17(13)21(11)18(22)14-5-6-16-12(10-14)7-8-20-16/h2-10,20H,19H2,1H3. The lowest BCUT2D eigenvalue weighted by atomic mass is 10.1. The average Bonchev–Trinajstić information content (AvgIpc) is 3.09. The van der Waals surface area contributed by atoms with Gasteiger partial charge in [0, 0.05) is 33.7 Å². The maximum Gasteiger partial charge on any atom is 0.262 e. The summed E-state index contributed by atoms with van der Waals surface area (Å²) in [4.78, 5) is 16.1. The summed E-state index contributed by atoms with van der Waals surface area (Å²) in [5.41, 5.74) is 10.0. The molecule has 0 saturated heterocycles. The highest BCUT2D eigenvalue weighted by molar-refractivity contribution is 6.07. The normalized spacial score (nSPS) is 11.3. The van der Waals surface area contributed by atoms with Crippen LogP contribution in [-0.4, -0.2) is 15.5 Å². The second kappa shape index (κ2) is 4.49. The first-order valence-electron chi connectivity index (χ1n) is 7.13. The number of aromatic nitrogens is 2. The largest absolute Gasteiger partial charge is 0.397 e. The number of nitrogens with two attached hydrogens (primary N) is 1. The molecule has 2 aromatic heterocycles. The molecule has 4 aromatic rings. The first-order chi connectivity index (χ1) is 10.6. The van der Waals surface area contributed by atoms with Gasteiger partial charge in [-0.05, 0) is 43.3 Å². The Morgan fingerprint density at radius 2 is 1.95 bits per heavy atom. The highest BCUT2D eigenvalue weighted by Crippen LogP contribution is 2.26. The molecule has 22 heavy (non-hydrogen) atoms. The number of aromatic amines is 1. The summed E-state index contributed by atoms with van der Waals surface area (Å²) in [5.74, 6) is -0.0616. The molecule has 0 bridgehead atoms. The van der Waals surface area contributed by atoms with Gasteiger partial charge in [0.2, 0.25) is 0 Å². The minimum atomic E-state index is -0.0616. The molecule has 2 heterocycles. The molecule has 0 atom stereocenters. The zero-order valence-electron chi connectivity index (χ0n) is 12.1. The number of hydrogen-bond acceptors (Lipinski definition) is 2. The van der Waals surface area contributed by atoms with Gasteiger partial charge in [-0.25, -0.2) is 0 Å². The predicted octanol–water partition coefficient (Wildman–Crippen LogP) is 3.70. The van der Waals surface area contributed by atoms with Gasteiger partial charge in [0.15, 0.2) is 0 Å². The van der Waals surface area contributed by atoms with Crippen LogP contribution < -0.4 is 5.73 Å². The minimum Gasteiger partial charge on any atom is -0.397 e. The molecule has 0 fully saturated rings. The number of benzene rings is 2. The van der Waals surface area contributed by atoms with Crippen LogP contribution in [0.5, 0.6) is 0 Å². The van der Waals surface area contributed by atoms with Crippen molar-refractivity contribution in [3.63, 3.8) is 0 Å². The Labute approximate surface area is 127 Å². The third-order valence-corrected chi connectivity index (χ3v) is 4.04. The van der Waals surface area contributed by atoms with Crippen molar-refractivity contribution in [3.05, 3.63) is 66.0 Å². The van der Waals surface area contributed by atoms with Gasteiger partial charge < -0.3 is 10.7 Å². The van der Waals surface area contributed by atoms with Gasteiger partial charge in [0.05, 0.1) is 11.2 Å². The van der Waals surface area contributed by atoms with Crippen molar-refractivity contribution in [2.24, 2.45) is 0 Å². The SMILES string of the molecule is Cc1cc2cccc(N)c2n1C(=O)c1ccc2[nH]ccc2c1. The van der Waals surface area contributed by atoms with Crippen LogP contribution in [-0.2, 0) is 0 Å². The van der Waals surface area contributed by atoms with Crippen LogP contribution in [0.1, 0.15) is 16.1 Å². The second-order valence-electron chi connectivity index (χ2n) is 5.49. The van der Waals surface area contributed by atoms with E-state index >= 15 is 0 Å². The van der Waals surface area contributed by atoms with Gasteiger partial charge in [0.1, 0.15) is 0 Å². The monoisotopic (exact) mass is 289 g/mol. The van der Waals surface area contributed by atoms with Crippen molar-refractivity contribution in [2.75, 3.05) is 5.73 Å². The van der Waals surface area contributed by atoms with Crippen LogP contribution in [0.2, 0.25) is 0 Å². The molecule has 0 aliphatic rings. The van der Waals surface area contributed by atoms with Gasteiger partial charge in [-0.3, -0.25) is 9.36 Å². The molecule has 4 rings (SSSR count). The Morgan fingerprint density at radius 1 is 1.09 bits per heavy atom. The molecule has 4 nitrogen and oxygen atoms in total. The van der Waals surface area contributed by atoms with Crippen LogP contribution >= 0.6 is 0 Å². The second-order valence-corrected chi connectivity index (χ2v) is 5.49. The van der Waals surface area contributed by atoms with Gasteiger partial charge >= 0.3 is 0 Å². The molecule has 0 amide bonds. The quantitative estimate of drug-likeness (QED) is 0.525. The van der Waals surface area contributed by atoms with Crippen molar-refractivity contribution in [2.45, 2.75) is 6.92 Å². The fraction of sp³-hybridized carbons (Fsp3) is 0.0556. The first kappa shape index (κ1) is 12.7. The lowest BCUT2D eigenvalue weighted by Gasteiger charge is -2.09. The highest BCUT2D eigenvalue weighted by atomic mass is 16.2. The molecule has 0 radical (unpaired) electrons. The highest BCUT2D eigenvalue weighted by Gasteiger charge is 2.16. The van der Waals surface area contributed by atoms with E-state index in [-0.39, 0.29) is 5.91 Å². The third kappa shape index (κ3) is 1.74. The molecule has 0 saturated carbocycles. The Kier molecular flexibility index (Phi) is 2.60. The molecule has 0 aliphatic carbocycles. The topological polar surface area (TPSA) is 63.8 Å². The maximum absolute atomic E-state index is 13.0. The number of fused-ring (bicyclic) bond motifs is 2. The van der Waals surface area contributed by atoms with E-state index in [2.05, 4.69) is 4.98 Å². The van der Waals surface area contributed by atoms with Gasteiger partial charge in [-0.1, -0.05) is 12.1 Å². The molecular weight excluding hydrogens is 274 g/mol. The van der Waals surface area contributed by atoms with Gasteiger partial charge in [0.25, 0.3) is 5.91 Å². The number of para-hydroxylation sites is 1. The van der Waals surface area contributed by atoms with Crippen LogP contribution in [0.15, 0.2) is 54.7 Å². The van der Waals surface area contributed by atoms with E-state index in [0.717, 1.165) is 27.5 Å². The fourth-order valence-electron chi connectivity index (χ4n) is 3.00. The number of nitrogen functional groups attached to an aromatic ring is 1. The number of H-pyrrole nitrogens is 1. The molecule has 3 N–H and O–H groups in total. The summed E-state index contributed by atoms with van der Waals surface area (Å²) in [6, 6.07) is 15.3. The summed E-state index contributed by atoms with van der Waals surface area (Å²) in [6.07, 6.45) is 1.87. The summed E-state index contributed by atoms with van der Waals surface area (Å²) in [6.45, 7) is 1.92. The third-order valence-electron chi connectivity index (χ3n) is 4.04. The Morgan fingerprint density at radius 3 is 2.82 bits per heavy atom. The number of carbonyl (C=O) groups excluding carboxylic acids is 1. The Balaban J connectivity index is 1.94. The molecular formula is C18H15N3O. The van der Waals surface area contributed by atoms with Crippen LogP contribution in [0.3, 0.4) is 0 Å². The summed E-state index contributed by atoms with van der Waals surface area (Å²) in [5, 5.41) is 2.00. The average molecular weight is 289 g/mol. The Hall–Kier alpha value is -3.01. The predicted molar refractivity (Wildman–Crippen MR) is 89.1 cm³/mol. The van der Waals surface area contributed by atoms with Gasteiger partial charge in [-0.15, -0.1) is 0 Å². The van der Waals surface area contributed by atoms with E-state index in [4.69, 9.17) is 5.73 Å². The summed E-state index contributed by atoms with van der Waals surface area (Å²) in [7, 11) is 0. The number of hydrogen-bond donors (Lipinski definition) is 2. The van der Waals surface area contributed by atoms with E-state index < -0.39 is 0 Å². The van der Waals surface area contributed by atoms with Crippen molar-refractivity contribution >= 4 is 33.4 Å². The molecule has 0 aliphatic heterocycles. The lowest BCUT2D eigenvalue weighted by molar-refractivity contribution is 0.0963. The van der Waals surface area contributed by atoms with Crippen molar-refractivity contribution in [1.82, 2.24) is 9.55 Å². The van der Waals surface area contributed by atoms with Crippen LogP contribution in [0.25, 0.3) is 21.8 Å². The smallest absolute Gasteiger partial charge is 0.262 e. The Bertz CT molecular complexity index is 1020. The zero-order valence-corrected chi connectivity index (χ0v) is 12.1. The van der Waals surface area contributed by atoms with Crippen molar-refractivity contribution < 1.29 is 4.79 Å². The summed E-state index contributed by atoms with van der Waals surface area (Å²) < 4.78 is 1.69. The maximum atomic E-state index is 13.0. The van der Waals surface area contributed by atoms with E-state index in [0.29, 0.717) is 11.3 Å². The van der Waals surface area contributed by atoms with Crippen LogP contribution in [0.4, 0.5) is 5.69 Å².